The minimum atomic E-state index is -0.471. The number of hydrogen-bond acceptors (Lipinski definition) is 6. The van der Waals surface area contributed by atoms with Crippen molar-refractivity contribution in [1.82, 2.24) is 39.9 Å². The van der Waals surface area contributed by atoms with Crippen LogP contribution >= 0.6 is 0 Å². The van der Waals surface area contributed by atoms with Gasteiger partial charge in [-0.3, -0.25) is 9.48 Å². The molecule has 1 saturated heterocycles. The molecule has 1 spiro atoms. The molecule has 0 aliphatic carbocycles. The number of fused-ring (bicyclic) bond motifs is 1. The van der Waals surface area contributed by atoms with Gasteiger partial charge in [0.25, 0.3) is 5.91 Å². The topological polar surface area (TPSA) is 110 Å². The van der Waals surface area contributed by atoms with Gasteiger partial charge in [0.2, 0.25) is 0 Å². The van der Waals surface area contributed by atoms with Gasteiger partial charge in [0.05, 0.1) is 43.7 Å². The molecular formula is C18H26N8O3. The Kier molecular flexibility index (Phi) is 4.99. The molecule has 2 aliphatic heterocycles. The van der Waals surface area contributed by atoms with Gasteiger partial charge in [-0.15, -0.1) is 5.10 Å². The maximum atomic E-state index is 12.8. The number of aryl methyl sites for hydroxylation is 1. The number of amides is 3. The number of nitrogens with one attached hydrogen (secondary N) is 1. The van der Waals surface area contributed by atoms with Gasteiger partial charge in [-0.2, -0.15) is 5.10 Å². The molecule has 1 atom stereocenters. The van der Waals surface area contributed by atoms with Gasteiger partial charge in [0, 0.05) is 33.9 Å². The van der Waals surface area contributed by atoms with E-state index in [4.69, 9.17) is 4.74 Å². The monoisotopic (exact) mass is 402 g/mol. The highest BCUT2D eigenvalue weighted by molar-refractivity contribution is 5.93. The van der Waals surface area contributed by atoms with Crippen LogP contribution < -0.4 is 5.32 Å². The third-order valence-electron chi connectivity index (χ3n) is 5.46. The van der Waals surface area contributed by atoms with Crippen molar-refractivity contribution in [2.45, 2.75) is 38.1 Å². The van der Waals surface area contributed by atoms with Gasteiger partial charge >= 0.3 is 6.03 Å². The zero-order chi connectivity index (χ0) is 20.6. The summed E-state index contributed by atoms with van der Waals surface area (Å²) in [5.74, 6) is -0.0303. The molecule has 0 aromatic carbocycles. The van der Waals surface area contributed by atoms with Crippen LogP contribution in [0.5, 0.6) is 0 Å². The first-order valence-electron chi connectivity index (χ1n) is 9.65. The zero-order valence-corrected chi connectivity index (χ0v) is 17.0. The molecule has 29 heavy (non-hydrogen) atoms. The number of nitrogens with zero attached hydrogens (tertiary/aromatic N) is 7. The van der Waals surface area contributed by atoms with E-state index in [1.54, 1.807) is 38.2 Å². The maximum Gasteiger partial charge on any atom is 0.317 e. The maximum absolute atomic E-state index is 12.8. The van der Waals surface area contributed by atoms with Crippen molar-refractivity contribution in [2.75, 3.05) is 27.2 Å². The van der Waals surface area contributed by atoms with Crippen LogP contribution in [0.25, 0.3) is 0 Å². The van der Waals surface area contributed by atoms with E-state index in [1.807, 2.05) is 9.58 Å². The molecule has 0 saturated carbocycles. The normalized spacial score (nSPS) is 21.1. The van der Waals surface area contributed by atoms with Gasteiger partial charge in [0.15, 0.2) is 0 Å². The summed E-state index contributed by atoms with van der Waals surface area (Å²) in [6.07, 6.45) is 5.04. The Labute approximate surface area is 168 Å². The lowest BCUT2D eigenvalue weighted by molar-refractivity contribution is -0.122. The molecule has 0 bridgehead atoms. The van der Waals surface area contributed by atoms with Crippen molar-refractivity contribution < 1.29 is 14.3 Å². The first-order valence-corrected chi connectivity index (χ1v) is 9.65. The molecule has 1 fully saturated rings. The smallest absolute Gasteiger partial charge is 0.317 e. The standard InChI is InChI=1S/C18H26N8O3/c1-23(2)17(28)19-8-14-15-10-29-18(12-26(15)22-21-14)5-4-6-25(11-18)16(27)13-7-20-24(3)9-13/h7,9H,4-6,8,10-12H2,1-3H3,(H,19,28). The van der Waals surface area contributed by atoms with E-state index in [2.05, 4.69) is 20.7 Å². The van der Waals surface area contributed by atoms with Crippen LogP contribution in [0.15, 0.2) is 12.4 Å². The van der Waals surface area contributed by atoms with Crippen molar-refractivity contribution in [2.24, 2.45) is 7.05 Å². The lowest BCUT2D eigenvalue weighted by Gasteiger charge is -2.44. The van der Waals surface area contributed by atoms with E-state index in [0.717, 1.165) is 18.5 Å². The Balaban J connectivity index is 1.44. The molecule has 2 aliphatic rings. The lowest BCUT2D eigenvalue weighted by Crippen LogP contribution is -2.55. The summed E-state index contributed by atoms with van der Waals surface area (Å²) >= 11 is 0. The average molecular weight is 402 g/mol. The van der Waals surface area contributed by atoms with Crippen LogP contribution in [-0.2, 0) is 31.5 Å². The molecule has 0 radical (unpaired) electrons. The van der Waals surface area contributed by atoms with Crippen molar-refractivity contribution in [1.29, 1.82) is 0 Å². The van der Waals surface area contributed by atoms with E-state index < -0.39 is 5.60 Å². The van der Waals surface area contributed by atoms with Crippen LogP contribution in [0.3, 0.4) is 0 Å². The van der Waals surface area contributed by atoms with E-state index in [0.29, 0.717) is 44.0 Å². The second-order valence-electron chi connectivity index (χ2n) is 7.90. The highest BCUT2D eigenvalue weighted by Gasteiger charge is 2.42. The molecule has 2 aromatic rings. The average Bonchev–Trinajstić information content (AvgIpc) is 3.31. The number of carbonyl (C=O) groups is 2. The second kappa shape index (κ2) is 7.47. The highest BCUT2D eigenvalue weighted by Crippen LogP contribution is 2.32. The fourth-order valence-electron chi connectivity index (χ4n) is 3.88. The van der Waals surface area contributed by atoms with Gasteiger partial charge in [-0.1, -0.05) is 5.21 Å². The van der Waals surface area contributed by atoms with E-state index in [-0.39, 0.29) is 11.9 Å². The number of hydrogen-bond donors (Lipinski definition) is 1. The molecular weight excluding hydrogens is 376 g/mol. The summed E-state index contributed by atoms with van der Waals surface area (Å²) in [5, 5.41) is 15.4. The van der Waals surface area contributed by atoms with Crippen molar-refractivity contribution in [3.05, 3.63) is 29.3 Å². The van der Waals surface area contributed by atoms with Crippen molar-refractivity contribution >= 4 is 11.9 Å². The first kappa shape index (κ1) is 19.4. The van der Waals surface area contributed by atoms with E-state index in [9.17, 15) is 9.59 Å². The number of carbonyl (C=O) groups excluding carboxylic acids is 2. The van der Waals surface area contributed by atoms with Crippen molar-refractivity contribution in [3.8, 4) is 0 Å². The van der Waals surface area contributed by atoms with E-state index >= 15 is 0 Å². The first-order chi connectivity index (χ1) is 13.9. The number of urea groups is 1. The SMILES string of the molecule is CN(C)C(=O)NCc1nnn2c1COC1(CCCN(C(=O)c3cnn(C)c3)C1)C2. The second-order valence-corrected chi connectivity index (χ2v) is 7.90. The highest BCUT2D eigenvalue weighted by atomic mass is 16.5. The fraction of sp³-hybridized carbons (Fsp3) is 0.611. The third kappa shape index (κ3) is 3.82. The molecule has 1 N–H and O–H groups in total. The quantitative estimate of drug-likeness (QED) is 0.773. The molecule has 2 aromatic heterocycles. The van der Waals surface area contributed by atoms with Crippen LogP contribution in [0.2, 0.25) is 0 Å². The predicted molar refractivity (Wildman–Crippen MR) is 102 cm³/mol. The Morgan fingerprint density at radius 3 is 2.90 bits per heavy atom. The predicted octanol–water partition coefficient (Wildman–Crippen LogP) is -0.0120. The van der Waals surface area contributed by atoms with Gasteiger partial charge < -0.3 is 19.9 Å². The summed E-state index contributed by atoms with van der Waals surface area (Å²) in [4.78, 5) is 27.9. The minimum absolute atomic E-state index is 0.0303. The Hall–Kier alpha value is -2.95. The largest absolute Gasteiger partial charge is 0.365 e. The Bertz CT molecular complexity index is 920. The molecule has 11 heteroatoms. The molecule has 11 nitrogen and oxygen atoms in total. The molecule has 3 amide bonds. The van der Waals surface area contributed by atoms with Gasteiger partial charge in [-0.05, 0) is 12.8 Å². The van der Waals surface area contributed by atoms with Gasteiger partial charge in [0.1, 0.15) is 11.3 Å². The number of ether oxygens (including phenoxy) is 1. The third-order valence-corrected chi connectivity index (χ3v) is 5.46. The lowest BCUT2D eigenvalue weighted by atomic mass is 9.91. The van der Waals surface area contributed by atoms with Crippen LogP contribution in [0, 0.1) is 0 Å². The molecule has 1 unspecified atom stereocenters. The van der Waals surface area contributed by atoms with Gasteiger partial charge in [-0.25, -0.2) is 9.48 Å². The number of aromatic nitrogens is 5. The molecule has 4 rings (SSSR count). The van der Waals surface area contributed by atoms with Crippen LogP contribution in [-0.4, -0.2) is 79.3 Å². The summed E-state index contributed by atoms with van der Waals surface area (Å²) < 4.78 is 9.74. The van der Waals surface area contributed by atoms with E-state index in [1.165, 1.54) is 4.90 Å². The summed E-state index contributed by atoms with van der Waals surface area (Å²) in [7, 11) is 5.17. The zero-order valence-electron chi connectivity index (χ0n) is 17.0. The summed E-state index contributed by atoms with van der Waals surface area (Å²) in [6, 6.07) is -0.184. The number of likely N-dealkylation sites (tertiary alicyclic amines) is 1. The number of rotatable bonds is 3. The molecule has 4 heterocycles. The molecule has 156 valence electrons. The summed E-state index contributed by atoms with van der Waals surface area (Å²) in [5.41, 5.74) is 1.68. The van der Waals surface area contributed by atoms with Crippen molar-refractivity contribution in [3.63, 3.8) is 0 Å². The van der Waals surface area contributed by atoms with Crippen LogP contribution in [0.1, 0.15) is 34.6 Å². The number of piperidine rings is 1. The minimum Gasteiger partial charge on any atom is -0.365 e. The summed E-state index contributed by atoms with van der Waals surface area (Å²) in [6.45, 7) is 2.40. The Morgan fingerprint density at radius 2 is 2.17 bits per heavy atom. The fourth-order valence-corrected chi connectivity index (χ4v) is 3.88. The Morgan fingerprint density at radius 1 is 1.34 bits per heavy atom. The van der Waals surface area contributed by atoms with Crippen LogP contribution in [0.4, 0.5) is 4.79 Å².